The zero-order valence-corrected chi connectivity index (χ0v) is 16.6. The Morgan fingerprint density at radius 3 is 1.67 bits per heavy atom. The minimum Gasteiger partial charge on any atom is -0.358 e. The molecule has 0 aliphatic rings. The first-order valence-electron chi connectivity index (χ1n) is 9.13. The van der Waals surface area contributed by atoms with Crippen molar-refractivity contribution in [2.75, 3.05) is 0 Å². The quantitative estimate of drug-likeness (QED) is 0.182. The van der Waals surface area contributed by atoms with Gasteiger partial charge in [0.25, 0.3) is 0 Å². The van der Waals surface area contributed by atoms with E-state index in [4.69, 9.17) is 4.52 Å². The van der Waals surface area contributed by atoms with E-state index >= 15 is 0 Å². The van der Waals surface area contributed by atoms with Crippen LogP contribution < -0.4 is 0 Å². The van der Waals surface area contributed by atoms with Gasteiger partial charge in [-0.3, -0.25) is 0 Å². The summed E-state index contributed by atoms with van der Waals surface area (Å²) in [6.07, 6.45) is 33.8. The van der Waals surface area contributed by atoms with Crippen molar-refractivity contribution in [2.24, 2.45) is 0 Å². The van der Waals surface area contributed by atoms with Gasteiger partial charge in [-0.15, -0.1) is 0 Å². The predicted molar refractivity (Wildman–Crippen MR) is 113 cm³/mol. The van der Waals surface area contributed by atoms with E-state index in [9.17, 15) is 0 Å². The van der Waals surface area contributed by atoms with E-state index in [-0.39, 0.29) is 6.10 Å². The lowest BCUT2D eigenvalue weighted by Crippen LogP contribution is -1.99. The molecule has 0 saturated carbocycles. The van der Waals surface area contributed by atoms with E-state index in [1.807, 2.05) is 0 Å². The zero-order valence-electron chi connectivity index (χ0n) is 15.4. The normalized spacial score (nSPS) is 14.6. The van der Waals surface area contributed by atoms with E-state index in [0.717, 1.165) is 32.1 Å². The third-order valence-electron chi connectivity index (χ3n) is 3.36. The van der Waals surface area contributed by atoms with Crippen molar-refractivity contribution in [2.45, 2.75) is 64.9 Å². The minimum absolute atomic E-state index is 0.196. The van der Waals surface area contributed by atoms with E-state index in [1.165, 1.54) is 12.8 Å². The SMILES string of the molecule is CCC/C=C\C/C=C\C/C=C\C/C=C\C/C=C\C=C\C(CC)OP. The van der Waals surface area contributed by atoms with Crippen LogP contribution in [0.25, 0.3) is 0 Å². The summed E-state index contributed by atoms with van der Waals surface area (Å²) in [5.41, 5.74) is 0. The van der Waals surface area contributed by atoms with Crippen LogP contribution in [0.2, 0.25) is 0 Å². The van der Waals surface area contributed by atoms with Crippen molar-refractivity contribution in [3.8, 4) is 0 Å². The molecule has 0 amide bonds. The molecule has 0 bridgehead atoms. The molecule has 0 aromatic rings. The second kappa shape index (κ2) is 19.9. The zero-order chi connectivity index (χ0) is 17.7. The van der Waals surface area contributed by atoms with Gasteiger partial charge >= 0.3 is 0 Å². The number of allylic oxidation sites excluding steroid dienone is 11. The van der Waals surface area contributed by atoms with Gasteiger partial charge < -0.3 is 4.52 Å². The molecule has 0 saturated heterocycles. The van der Waals surface area contributed by atoms with Crippen LogP contribution in [0.5, 0.6) is 0 Å². The Morgan fingerprint density at radius 2 is 1.21 bits per heavy atom. The van der Waals surface area contributed by atoms with Crippen LogP contribution >= 0.6 is 9.47 Å². The first-order valence-corrected chi connectivity index (χ1v) is 9.61. The van der Waals surface area contributed by atoms with Gasteiger partial charge in [0.05, 0.1) is 6.10 Å². The van der Waals surface area contributed by atoms with E-state index in [1.54, 1.807) is 0 Å². The lowest BCUT2D eigenvalue weighted by Gasteiger charge is -2.04. The minimum atomic E-state index is 0.196. The number of hydrogen-bond donors (Lipinski definition) is 0. The molecule has 0 aliphatic heterocycles. The third kappa shape index (κ3) is 17.2. The highest BCUT2D eigenvalue weighted by molar-refractivity contribution is 7.09. The number of unbranched alkanes of at least 4 members (excludes halogenated alkanes) is 1. The van der Waals surface area contributed by atoms with Gasteiger partial charge in [-0.25, -0.2) is 0 Å². The maximum Gasteiger partial charge on any atom is 0.0792 e. The molecule has 0 heterocycles. The van der Waals surface area contributed by atoms with Crippen LogP contribution in [-0.4, -0.2) is 6.10 Å². The van der Waals surface area contributed by atoms with E-state index < -0.39 is 0 Å². The van der Waals surface area contributed by atoms with Gasteiger partial charge in [-0.2, -0.15) is 0 Å². The number of hydrogen-bond acceptors (Lipinski definition) is 1. The largest absolute Gasteiger partial charge is 0.358 e. The fourth-order valence-electron chi connectivity index (χ4n) is 1.90. The molecule has 24 heavy (non-hydrogen) atoms. The van der Waals surface area contributed by atoms with Gasteiger partial charge in [-0.1, -0.05) is 93.2 Å². The van der Waals surface area contributed by atoms with Gasteiger partial charge in [0, 0.05) is 9.47 Å². The predicted octanol–water partition coefficient (Wildman–Crippen LogP) is 7.27. The van der Waals surface area contributed by atoms with Crippen molar-refractivity contribution >= 4 is 9.47 Å². The summed E-state index contributed by atoms with van der Waals surface area (Å²) in [7, 11) is 2.32. The summed E-state index contributed by atoms with van der Waals surface area (Å²) >= 11 is 0. The summed E-state index contributed by atoms with van der Waals surface area (Å²) in [6.45, 7) is 4.32. The molecule has 1 nitrogen and oxygen atoms in total. The summed E-state index contributed by atoms with van der Waals surface area (Å²) in [5, 5.41) is 0. The van der Waals surface area contributed by atoms with Crippen molar-refractivity contribution in [3.63, 3.8) is 0 Å². The van der Waals surface area contributed by atoms with Gasteiger partial charge in [-0.05, 0) is 38.5 Å². The van der Waals surface area contributed by atoms with Crippen molar-refractivity contribution in [1.29, 1.82) is 0 Å². The van der Waals surface area contributed by atoms with Crippen molar-refractivity contribution in [3.05, 3.63) is 72.9 Å². The molecule has 2 atom stereocenters. The highest BCUT2D eigenvalue weighted by Gasteiger charge is 1.94. The van der Waals surface area contributed by atoms with Crippen molar-refractivity contribution < 1.29 is 4.52 Å². The maximum absolute atomic E-state index is 5.19. The van der Waals surface area contributed by atoms with Crippen LogP contribution in [-0.2, 0) is 4.52 Å². The summed E-state index contributed by atoms with van der Waals surface area (Å²) < 4.78 is 5.19. The van der Waals surface area contributed by atoms with E-state index in [2.05, 4.69) is 96.2 Å². The Kier molecular flexibility index (Phi) is 18.9. The molecule has 2 unspecified atom stereocenters. The molecule has 0 radical (unpaired) electrons. The summed E-state index contributed by atoms with van der Waals surface area (Å²) in [4.78, 5) is 0. The fraction of sp³-hybridized carbons (Fsp3) is 0.455. The molecule has 0 fully saturated rings. The topological polar surface area (TPSA) is 9.23 Å². The average Bonchev–Trinajstić information content (AvgIpc) is 2.61. The second-order valence-electron chi connectivity index (χ2n) is 5.51. The molecule has 0 aromatic heterocycles. The van der Waals surface area contributed by atoms with E-state index in [0.29, 0.717) is 0 Å². The Hall–Kier alpha value is -1.17. The molecule has 0 N–H and O–H groups in total. The highest BCUT2D eigenvalue weighted by Crippen LogP contribution is 2.04. The molecule has 2 heteroatoms. The van der Waals surface area contributed by atoms with Crippen LogP contribution in [0.1, 0.15) is 58.8 Å². The Labute approximate surface area is 152 Å². The average molecular weight is 346 g/mol. The van der Waals surface area contributed by atoms with Gasteiger partial charge in [0.1, 0.15) is 0 Å². The standard InChI is InChI=1S/C22H35OP/c1-3-5-6-7-8-9-10-11-12-13-14-15-16-17-18-19-20-21-22(4-2)23-24/h6-7,9-10,12-13,15-16,18-22H,3-5,8,11,14,17,24H2,1-2H3/b7-6-,10-9-,13-12-,16-15-,19-18-,21-20+. The molecule has 0 aliphatic carbocycles. The molecule has 0 aromatic carbocycles. The van der Waals surface area contributed by atoms with Gasteiger partial charge in [0.15, 0.2) is 0 Å². The van der Waals surface area contributed by atoms with Crippen LogP contribution in [0, 0.1) is 0 Å². The Bertz CT molecular complexity index is 423. The van der Waals surface area contributed by atoms with Gasteiger partial charge in [0.2, 0.25) is 0 Å². The Balaban J connectivity index is 3.62. The number of rotatable bonds is 14. The lowest BCUT2D eigenvalue weighted by atomic mass is 10.2. The van der Waals surface area contributed by atoms with Crippen molar-refractivity contribution in [1.82, 2.24) is 0 Å². The maximum atomic E-state index is 5.19. The first kappa shape index (κ1) is 22.8. The molecular formula is C22H35OP. The fourth-order valence-corrected chi connectivity index (χ4v) is 2.18. The highest BCUT2D eigenvalue weighted by atomic mass is 31.0. The Morgan fingerprint density at radius 1 is 0.708 bits per heavy atom. The molecule has 0 rings (SSSR count). The molecular weight excluding hydrogens is 311 g/mol. The summed E-state index contributed by atoms with van der Waals surface area (Å²) in [6, 6.07) is 0. The van der Waals surface area contributed by atoms with Crippen LogP contribution in [0.3, 0.4) is 0 Å². The first-order chi connectivity index (χ1) is 11.8. The monoisotopic (exact) mass is 346 g/mol. The third-order valence-corrected chi connectivity index (χ3v) is 3.71. The van der Waals surface area contributed by atoms with Crippen LogP contribution in [0.4, 0.5) is 0 Å². The lowest BCUT2D eigenvalue weighted by molar-refractivity contribution is 0.289. The smallest absolute Gasteiger partial charge is 0.0792 e. The molecule has 134 valence electrons. The second-order valence-corrected chi connectivity index (χ2v) is 5.79. The van der Waals surface area contributed by atoms with Crippen LogP contribution in [0.15, 0.2) is 72.9 Å². The summed E-state index contributed by atoms with van der Waals surface area (Å²) in [5.74, 6) is 0. The molecule has 0 spiro atoms.